The van der Waals surface area contributed by atoms with Gasteiger partial charge in [-0.05, 0) is 31.2 Å². The number of hydrogen-bond donors (Lipinski definition) is 1. The van der Waals surface area contributed by atoms with Crippen LogP contribution in [0.25, 0.3) is 10.9 Å². The van der Waals surface area contributed by atoms with E-state index in [1.807, 2.05) is 42.5 Å². The number of hydrogen-bond acceptors (Lipinski definition) is 4. The molecule has 0 saturated heterocycles. The molecule has 21 heavy (non-hydrogen) atoms. The van der Waals surface area contributed by atoms with Crippen molar-refractivity contribution in [3.8, 4) is 5.75 Å². The van der Waals surface area contributed by atoms with Gasteiger partial charge < -0.3 is 14.5 Å². The smallest absolute Gasteiger partial charge is 0.138 e. The Hall–Kier alpha value is -2.33. The molecule has 1 unspecified atom stereocenters. The van der Waals surface area contributed by atoms with Crippen LogP contribution in [0.3, 0.4) is 0 Å². The monoisotopic (exact) mass is 282 g/mol. The molecule has 108 valence electrons. The average Bonchev–Trinajstić information content (AvgIpc) is 3.06. The number of pyridine rings is 1. The van der Waals surface area contributed by atoms with E-state index in [2.05, 4.69) is 17.2 Å². The predicted octanol–water partition coefficient (Wildman–Crippen LogP) is 3.56. The van der Waals surface area contributed by atoms with Crippen molar-refractivity contribution in [2.45, 2.75) is 13.0 Å². The van der Waals surface area contributed by atoms with E-state index in [0.717, 1.165) is 29.0 Å². The highest BCUT2D eigenvalue weighted by molar-refractivity contribution is 5.79. The molecule has 3 rings (SSSR count). The van der Waals surface area contributed by atoms with E-state index >= 15 is 0 Å². The molecule has 2 aromatic heterocycles. The number of fused-ring (bicyclic) bond motifs is 1. The van der Waals surface area contributed by atoms with Crippen LogP contribution < -0.4 is 10.1 Å². The zero-order valence-corrected chi connectivity index (χ0v) is 12.0. The lowest BCUT2D eigenvalue weighted by molar-refractivity contribution is 0.301. The minimum Gasteiger partial charge on any atom is -0.491 e. The summed E-state index contributed by atoms with van der Waals surface area (Å²) in [5, 5.41) is 4.44. The number of furan rings is 1. The molecule has 0 saturated carbocycles. The fourth-order valence-electron chi connectivity index (χ4n) is 2.21. The molecule has 0 fully saturated rings. The largest absolute Gasteiger partial charge is 0.491 e. The van der Waals surface area contributed by atoms with Crippen LogP contribution in [0, 0.1) is 0 Å². The number of para-hydroxylation sites is 1. The minimum absolute atomic E-state index is 0.179. The van der Waals surface area contributed by atoms with Gasteiger partial charge in [-0.25, -0.2) is 0 Å². The molecule has 3 aromatic rings. The summed E-state index contributed by atoms with van der Waals surface area (Å²) in [6.45, 7) is 3.40. The molecule has 0 radical (unpaired) electrons. The maximum Gasteiger partial charge on any atom is 0.138 e. The van der Waals surface area contributed by atoms with Gasteiger partial charge in [0.2, 0.25) is 0 Å². The summed E-state index contributed by atoms with van der Waals surface area (Å²) >= 11 is 0. The molecular formula is C17H18N2O2. The SMILES string of the molecule is CC(NCCOc1cnc2ccccc2c1)c1ccco1. The second-order valence-corrected chi connectivity index (χ2v) is 4.90. The second-order valence-electron chi connectivity index (χ2n) is 4.90. The fourth-order valence-corrected chi connectivity index (χ4v) is 2.21. The first kappa shape index (κ1) is 13.6. The molecule has 0 bridgehead atoms. The zero-order chi connectivity index (χ0) is 14.5. The minimum atomic E-state index is 0.179. The number of rotatable bonds is 6. The Labute approximate surface area is 123 Å². The van der Waals surface area contributed by atoms with E-state index in [1.165, 1.54) is 0 Å². The van der Waals surface area contributed by atoms with Gasteiger partial charge in [0.15, 0.2) is 0 Å². The van der Waals surface area contributed by atoms with E-state index in [-0.39, 0.29) is 6.04 Å². The normalized spacial score (nSPS) is 12.4. The second kappa shape index (κ2) is 6.41. The van der Waals surface area contributed by atoms with Gasteiger partial charge in [0, 0.05) is 11.9 Å². The molecule has 4 nitrogen and oxygen atoms in total. The van der Waals surface area contributed by atoms with Gasteiger partial charge in [0.25, 0.3) is 0 Å². The lowest BCUT2D eigenvalue weighted by Crippen LogP contribution is -2.24. The fraction of sp³-hybridized carbons (Fsp3) is 0.235. The summed E-state index contributed by atoms with van der Waals surface area (Å²) in [6.07, 6.45) is 3.45. The summed E-state index contributed by atoms with van der Waals surface area (Å²) in [6, 6.07) is 14.1. The molecule has 0 amide bonds. The van der Waals surface area contributed by atoms with Crippen LogP contribution in [0.1, 0.15) is 18.7 Å². The highest BCUT2D eigenvalue weighted by Crippen LogP contribution is 2.17. The van der Waals surface area contributed by atoms with Crippen LogP contribution in [0.2, 0.25) is 0 Å². The van der Waals surface area contributed by atoms with Gasteiger partial charge in [-0.15, -0.1) is 0 Å². The highest BCUT2D eigenvalue weighted by atomic mass is 16.5. The molecule has 0 spiro atoms. The lowest BCUT2D eigenvalue weighted by Gasteiger charge is -2.12. The molecule has 0 aliphatic carbocycles. The zero-order valence-electron chi connectivity index (χ0n) is 12.0. The predicted molar refractivity (Wildman–Crippen MR) is 82.4 cm³/mol. The Kier molecular flexibility index (Phi) is 4.17. The van der Waals surface area contributed by atoms with E-state index in [4.69, 9.17) is 9.15 Å². The third-order valence-corrected chi connectivity index (χ3v) is 3.36. The van der Waals surface area contributed by atoms with Gasteiger partial charge in [-0.1, -0.05) is 18.2 Å². The first-order chi connectivity index (χ1) is 10.3. The molecule has 0 aliphatic rings. The molecule has 1 aromatic carbocycles. The Bertz CT molecular complexity index is 695. The van der Waals surface area contributed by atoms with E-state index in [9.17, 15) is 0 Å². The number of ether oxygens (including phenoxy) is 1. The first-order valence-electron chi connectivity index (χ1n) is 7.07. The van der Waals surface area contributed by atoms with Crippen LogP contribution in [0.15, 0.2) is 59.3 Å². The van der Waals surface area contributed by atoms with Crippen molar-refractivity contribution >= 4 is 10.9 Å². The van der Waals surface area contributed by atoms with Gasteiger partial charge >= 0.3 is 0 Å². The van der Waals surface area contributed by atoms with Crippen molar-refractivity contribution in [1.29, 1.82) is 0 Å². The standard InChI is InChI=1S/C17H18N2O2/c1-13(17-7-4-9-21-17)18-8-10-20-15-11-14-5-2-3-6-16(14)19-12-15/h2-7,9,11-13,18H,8,10H2,1H3. The van der Waals surface area contributed by atoms with Gasteiger partial charge in [-0.2, -0.15) is 0 Å². The van der Waals surface area contributed by atoms with Gasteiger partial charge in [0.05, 0.1) is 24.0 Å². The Balaban J connectivity index is 1.50. The quantitative estimate of drug-likeness (QED) is 0.702. The number of aromatic nitrogens is 1. The van der Waals surface area contributed by atoms with Crippen molar-refractivity contribution < 1.29 is 9.15 Å². The van der Waals surface area contributed by atoms with Crippen LogP contribution in [-0.4, -0.2) is 18.1 Å². The van der Waals surface area contributed by atoms with Crippen LogP contribution in [0.5, 0.6) is 5.75 Å². The summed E-state index contributed by atoms with van der Waals surface area (Å²) in [4.78, 5) is 4.38. The number of benzene rings is 1. The van der Waals surface area contributed by atoms with Crippen LogP contribution >= 0.6 is 0 Å². The maximum atomic E-state index is 5.73. The number of nitrogens with zero attached hydrogens (tertiary/aromatic N) is 1. The third-order valence-electron chi connectivity index (χ3n) is 3.36. The lowest BCUT2D eigenvalue weighted by atomic mass is 10.2. The van der Waals surface area contributed by atoms with Crippen molar-refractivity contribution in [3.05, 3.63) is 60.7 Å². The topological polar surface area (TPSA) is 47.3 Å². The molecule has 1 N–H and O–H groups in total. The van der Waals surface area contributed by atoms with E-state index in [1.54, 1.807) is 12.5 Å². The van der Waals surface area contributed by atoms with E-state index < -0.39 is 0 Å². The summed E-state index contributed by atoms with van der Waals surface area (Å²) in [5.74, 6) is 1.73. The third kappa shape index (κ3) is 3.41. The Morgan fingerprint density at radius 1 is 1.24 bits per heavy atom. The van der Waals surface area contributed by atoms with Crippen LogP contribution in [0.4, 0.5) is 0 Å². The summed E-state index contributed by atoms with van der Waals surface area (Å²) in [5.41, 5.74) is 0.981. The Morgan fingerprint density at radius 3 is 3.00 bits per heavy atom. The highest BCUT2D eigenvalue weighted by Gasteiger charge is 2.06. The molecule has 1 atom stereocenters. The molecule has 2 heterocycles. The van der Waals surface area contributed by atoms with Gasteiger partial charge in [0.1, 0.15) is 18.1 Å². The van der Waals surface area contributed by atoms with Crippen molar-refractivity contribution in [2.75, 3.05) is 13.2 Å². The molecule has 0 aliphatic heterocycles. The Morgan fingerprint density at radius 2 is 2.14 bits per heavy atom. The van der Waals surface area contributed by atoms with Crippen molar-refractivity contribution in [3.63, 3.8) is 0 Å². The summed E-state index contributed by atoms with van der Waals surface area (Å²) < 4.78 is 11.1. The average molecular weight is 282 g/mol. The van der Waals surface area contributed by atoms with E-state index in [0.29, 0.717) is 6.61 Å². The van der Waals surface area contributed by atoms with Crippen molar-refractivity contribution in [1.82, 2.24) is 10.3 Å². The number of nitrogens with one attached hydrogen (secondary N) is 1. The van der Waals surface area contributed by atoms with Gasteiger partial charge in [-0.3, -0.25) is 4.98 Å². The molecule has 4 heteroatoms. The van der Waals surface area contributed by atoms with Crippen molar-refractivity contribution in [2.24, 2.45) is 0 Å². The van der Waals surface area contributed by atoms with Crippen LogP contribution in [-0.2, 0) is 0 Å². The maximum absolute atomic E-state index is 5.73. The molecular weight excluding hydrogens is 264 g/mol. The first-order valence-corrected chi connectivity index (χ1v) is 7.07. The summed E-state index contributed by atoms with van der Waals surface area (Å²) in [7, 11) is 0.